The first-order chi connectivity index (χ1) is 11.0. The quantitative estimate of drug-likeness (QED) is 0.532. The zero-order chi connectivity index (χ0) is 16.9. The number of hydrogen-bond donors (Lipinski definition) is 2. The molecule has 0 spiro atoms. The highest BCUT2D eigenvalue weighted by Gasteiger charge is 2.39. The van der Waals surface area contributed by atoms with Crippen molar-refractivity contribution in [3.05, 3.63) is 10.3 Å². The first kappa shape index (κ1) is 17.1. The number of esters is 1. The van der Waals surface area contributed by atoms with Gasteiger partial charge in [0.1, 0.15) is 4.60 Å². The minimum absolute atomic E-state index is 0.0832. The van der Waals surface area contributed by atoms with Crippen LogP contribution < -0.4 is 5.32 Å². The molecule has 1 aromatic heterocycles. The van der Waals surface area contributed by atoms with Gasteiger partial charge in [-0.05, 0) is 22.9 Å². The standard InChI is InChI=1S/C14H16BrN5O3/c1-3-5-7-14(19-20-14)8-6-9(21)16-13-17-10(11(15)18-13)12(22)23-4-2/h1H,4-8H2,2H3,(H2,16,17,18,21). The van der Waals surface area contributed by atoms with Gasteiger partial charge in [0.05, 0.1) is 6.61 Å². The molecule has 1 aliphatic rings. The number of H-pyrrole nitrogens is 1. The van der Waals surface area contributed by atoms with Gasteiger partial charge in [-0.3, -0.25) is 10.1 Å². The average Bonchev–Trinajstić information content (AvgIpc) is 3.20. The first-order valence-electron chi connectivity index (χ1n) is 7.09. The molecule has 0 atom stereocenters. The van der Waals surface area contributed by atoms with E-state index in [2.05, 4.69) is 47.4 Å². The van der Waals surface area contributed by atoms with Crippen molar-refractivity contribution < 1.29 is 14.3 Å². The number of nitrogens with one attached hydrogen (secondary N) is 2. The van der Waals surface area contributed by atoms with Gasteiger partial charge >= 0.3 is 5.97 Å². The van der Waals surface area contributed by atoms with Gasteiger partial charge in [0.15, 0.2) is 11.4 Å². The second-order valence-corrected chi connectivity index (χ2v) is 5.70. The Morgan fingerprint density at radius 2 is 2.17 bits per heavy atom. The van der Waals surface area contributed by atoms with Crippen molar-refractivity contribution in [2.24, 2.45) is 10.2 Å². The van der Waals surface area contributed by atoms with Crippen molar-refractivity contribution in [2.45, 2.75) is 38.3 Å². The van der Waals surface area contributed by atoms with Gasteiger partial charge in [0.2, 0.25) is 11.9 Å². The monoisotopic (exact) mass is 381 g/mol. The molecule has 0 saturated carbocycles. The van der Waals surface area contributed by atoms with Crippen LogP contribution in [0.4, 0.5) is 5.95 Å². The SMILES string of the molecule is C#CCCC1(CCC(=O)Nc2nc(C(=O)OCC)c(Br)[nH]2)N=N1. The summed E-state index contributed by atoms with van der Waals surface area (Å²) in [5, 5.41) is 10.5. The Kier molecular flexibility index (Phi) is 5.50. The van der Waals surface area contributed by atoms with Gasteiger partial charge in [-0.15, -0.1) is 12.3 Å². The number of ether oxygens (including phenoxy) is 1. The second-order valence-electron chi connectivity index (χ2n) is 4.90. The van der Waals surface area contributed by atoms with Crippen LogP contribution in [0.3, 0.4) is 0 Å². The van der Waals surface area contributed by atoms with E-state index in [0.717, 1.165) is 0 Å². The van der Waals surface area contributed by atoms with Crippen molar-refractivity contribution in [3.63, 3.8) is 0 Å². The van der Waals surface area contributed by atoms with Crippen LogP contribution in [0.5, 0.6) is 0 Å². The topological polar surface area (TPSA) is 109 Å². The van der Waals surface area contributed by atoms with E-state index in [4.69, 9.17) is 11.2 Å². The summed E-state index contributed by atoms with van der Waals surface area (Å²) in [5.74, 6) is 1.89. The lowest BCUT2D eigenvalue weighted by molar-refractivity contribution is -0.116. The van der Waals surface area contributed by atoms with Crippen LogP contribution in [-0.4, -0.2) is 34.1 Å². The molecule has 1 amide bonds. The Balaban J connectivity index is 1.85. The Morgan fingerprint density at radius 3 is 2.78 bits per heavy atom. The Morgan fingerprint density at radius 1 is 1.43 bits per heavy atom. The molecule has 0 bridgehead atoms. The third kappa shape index (κ3) is 4.63. The molecule has 2 N–H and O–H groups in total. The van der Waals surface area contributed by atoms with Crippen molar-refractivity contribution in [1.82, 2.24) is 9.97 Å². The van der Waals surface area contributed by atoms with E-state index in [1.807, 2.05) is 0 Å². The molecular weight excluding hydrogens is 366 g/mol. The number of aromatic amines is 1. The molecule has 0 unspecified atom stereocenters. The number of nitrogens with zero attached hydrogens (tertiary/aromatic N) is 3. The van der Waals surface area contributed by atoms with Gasteiger partial charge in [-0.25, -0.2) is 9.78 Å². The van der Waals surface area contributed by atoms with Crippen molar-refractivity contribution in [3.8, 4) is 12.3 Å². The van der Waals surface area contributed by atoms with Crippen LogP contribution in [0.15, 0.2) is 14.8 Å². The van der Waals surface area contributed by atoms with Gasteiger partial charge in [0.25, 0.3) is 0 Å². The summed E-state index contributed by atoms with van der Waals surface area (Å²) in [5.41, 5.74) is -0.413. The Hall–Kier alpha value is -2.21. The van der Waals surface area contributed by atoms with E-state index in [1.165, 1.54) is 0 Å². The summed E-state index contributed by atoms with van der Waals surface area (Å²) < 4.78 is 5.21. The van der Waals surface area contributed by atoms with Crippen molar-refractivity contribution in [2.75, 3.05) is 11.9 Å². The fraction of sp³-hybridized carbons (Fsp3) is 0.500. The fourth-order valence-corrected chi connectivity index (χ4v) is 2.36. The van der Waals surface area contributed by atoms with Crippen LogP contribution in [0.2, 0.25) is 0 Å². The molecule has 0 aliphatic carbocycles. The van der Waals surface area contributed by atoms with Gasteiger partial charge in [0, 0.05) is 25.7 Å². The van der Waals surface area contributed by atoms with E-state index in [9.17, 15) is 9.59 Å². The highest BCUT2D eigenvalue weighted by Crippen LogP contribution is 2.37. The lowest BCUT2D eigenvalue weighted by Crippen LogP contribution is -2.18. The maximum absolute atomic E-state index is 12.0. The lowest BCUT2D eigenvalue weighted by Gasteiger charge is -2.07. The molecule has 0 aromatic carbocycles. The van der Waals surface area contributed by atoms with Crippen LogP contribution in [-0.2, 0) is 9.53 Å². The van der Waals surface area contributed by atoms with E-state index >= 15 is 0 Å². The van der Waals surface area contributed by atoms with E-state index in [-0.39, 0.29) is 30.6 Å². The summed E-state index contributed by atoms with van der Waals surface area (Å²) in [6, 6.07) is 0. The summed E-state index contributed by atoms with van der Waals surface area (Å²) in [6.07, 6.45) is 7.16. The molecule has 2 heterocycles. The number of halogens is 1. The summed E-state index contributed by atoms with van der Waals surface area (Å²) in [6.45, 7) is 1.94. The second kappa shape index (κ2) is 7.37. The molecular formula is C14H16BrN5O3. The molecule has 1 aromatic rings. The third-order valence-corrected chi connectivity index (χ3v) is 3.77. The number of imidazole rings is 1. The van der Waals surface area contributed by atoms with Crippen LogP contribution in [0.1, 0.15) is 43.1 Å². The maximum Gasteiger partial charge on any atom is 0.359 e. The maximum atomic E-state index is 12.0. The number of anilines is 1. The molecule has 0 fully saturated rings. The number of amides is 1. The number of aromatic nitrogens is 2. The zero-order valence-corrected chi connectivity index (χ0v) is 14.1. The van der Waals surface area contributed by atoms with Crippen LogP contribution >= 0.6 is 15.9 Å². The zero-order valence-electron chi connectivity index (χ0n) is 12.6. The molecule has 0 saturated heterocycles. The fourth-order valence-electron chi connectivity index (χ4n) is 1.92. The molecule has 1 aliphatic heterocycles. The number of rotatable bonds is 8. The van der Waals surface area contributed by atoms with Gasteiger partial charge in [-0.1, -0.05) is 0 Å². The number of carbonyl (C=O) groups is 2. The Bertz CT molecular complexity index is 670. The van der Waals surface area contributed by atoms with Gasteiger partial charge < -0.3 is 9.72 Å². The third-order valence-electron chi connectivity index (χ3n) is 3.19. The predicted molar refractivity (Wildman–Crippen MR) is 85.8 cm³/mol. The lowest BCUT2D eigenvalue weighted by atomic mass is 10.0. The number of hydrogen-bond acceptors (Lipinski definition) is 6. The Labute approximate surface area is 141 Å². The van der Waals surface area contributed by atoms with E-state index in [0.29, 0.717) is 23.9 Å². The highest BCUT2D eigenvalue weighted by molar-refractivity contribution is 9.10. The minimum Gasteiger partial charge on any atom is -0.461 e. The number of carbonyl (C=O) groups excluding carboxylic acids is 2. The first-order valence-corrected chi connectivity index (χ1v) is 7.89. The summed E-state index contributed by atoms with van der Waals surface area (Å²) in [7, 11) is 0. The van der Waals surface area contributed by atoms with Crippen LogP contribution in [0.25, 0.3) is 0 Å². The summed E-state index contributed by atoms with van der Waals surface area (Å²) >= 11 is 3.17. The number of terminal acetylenes is 1. The summed E-state index contributed by atoms with van der Waals surface area (Å²) in [4.78, 5) is 30.3. The van der Waals surface area contributed by atoms with Crippen LogP contribution in [0, 0.1) is 12.3 Å². The van der Waals surface area contributed by atoms with Crippen molar-refractivity contribution in [1.29, 1.82) is 0 Å². The van der Waals surface area contributed by atoms with E-state index in [1.54, 1.807) is 6.92 Å². The normalized spacial score (nSPS) is 14.1. The predicted octanol–water partition coefficient (Wildman–Crippen LogP) is 2.64. The van der Waals surface area contributed by atoms with E-state index < -0.39 is 11.6 Å². The molecule has 8 nitrogen and oxygen atoms in total. The molecule has 9 heteroatoms. The molecule has 23 heavy (non-hydrogen) atoms. The molecule has 2 rings (SSSR count). The smallest absolute Gasteiger partial charge is 0.359 e. The molecule has 0 radical (unpaired) electrons. The van der Waals surface area contributed by atoms with Crippen molar-refractivity contribution >= 4 is 33.8 Å². The average molecular weight is 382 g/mol. The largest absolute Gasteiger partial charge is 0.461 e. The van der Waals surface area contributed by atoms with Gasteiger partial charge in [-0.2, -0.15) is 10.2 Å². The minimum atomic E-state index is -0.569. The highest BCUT2D eigenvalue weighted by atomic mass is 79.9. The molecule has 122 valence electrons.